The van der Waals surface area contributed by atoms with Crippen LogP contribution in [0.4, 0.5) is 20.7 Å². The predicted octanol–water partition coefficient (Wildman–Crippen LogP) is 1.72. The Hall–Kier alpha value is -4.17. The van der Waals surface area contributed by atoms with Gasteiger partial charge in [0.25, 0.3) is 6.43 Å². The summed E-state index contributed by atoms with van der Waals surface area (Å²) >= 11 is 0. The Morgan fingerprint density at radius 1 is 0.929 bits per heavy atom. The highest BCUT2D eigenvalue weighted by molar-refractivity contribution is 5.82. The fraction of sp³-hybridized carbons (Fsp3) is 0.464. The van der Waals surface area contributed by atoms with E-state index >= 15 is 0 Å². The lowest BCUT2D eigenvalue weighted by Gasteiger charge is -2.36. The molecule has 2 saturated heterocycles. The number of fused-ring (bicyclic) bond motifs is 1. The minimum atomic E-state index is -2.81. The molecule has 1 aromatic carbocycles. The summed E-state index contributed by atoms with van der Waals surface area (Å²) in [6.07, 6.45) is 2.57. The average Bonchev–Trinajstić information content (AvgIpc) is 3.42. The topological polar surface area (TPSA) is 139 Å². The molecule has 0 saturated carbocycles. The maximum absolute atomic E-state index is 14.2. The molecule has 2 fully saturated rings. The first-order valence-electron chi connectivity index (χ1n) is 14.1. The number of imidazole rings is 1. The van der Waals surface area contributed by atoms with Crippen LogP contribution in [0.1, 0.15) is 35.6 Å². The van der Waals surface area contributed by atoms with Gasteiger partial charge in [-0.1, -0.05) is 18.2 Å². The Labute approximate surface area is 241 Å². The van der Waals surface area contributed by atoms with Gasteiger partial charge in [-0.25, -0.2) is 13.8 Å². The van der Waals surface area contributed by atoms with Crippen LogP contribution < -0.4 is 15.5 Å². The highest BCUT2D eigenvalue weighted by Gasteiger charge is 2.30. The summed E-state index contributed by atoms with van der Waals surface area (Å²) in [6.45, 7) is 3.82. The lowest BCUT2D eigenvalue weighted by atomic mass is 10.1. The van der Waals surface area contributed by atoms with Crippen LogP contribution in [0.2, 0.25) is 0 Å². The molecule has 0 bridgehead atoms. The third-order valence-electron chi connectivity index (χ3n) is 7.71. The molecule has 3 aliphatic rings. The van der Waals surface area contributed by atoms with E-state index in [1.54, 1.807) is 35.2 Å². The van der Waals surface area contributed by atoms with Crippen molar-refractivity contribution in [2.75, 3.05) is 62.3 Å². The summed E-state index contributed by atoms with van der Waals surface area (Å²) in [5.74, 6) is 0.426. The number of amides is 1. The van der Waals surface area contributed by atoms with E-state index in [1.165, 1.54) is 4.57 Å². The quantitative estimate of drug-likeness (QED) is 0.424. The normalized spacial score (nSPS) is 18.0. The number of phenolic OH excluding ortho intramolecular Hbond substituents is 1. The van der Waals surface area contributed by atoms with Gasteiger partial charge in [0.1, 0.15) is 5.75 Å². The van der Waals surface area contributed by atoms with Gasteiger partial charge in [0.2, 0.25) is 23.8 Å². The maximum atomic E-state index is 14.2. The van der Waals surface area contributed by atoms with Crippen molar-refractivity contribution in [3.05, 3.63) is 53.1 Å². The third-order valence-corrected chi connectivity index (χ3v) is 7.71. The zero-order valence-corrected chi connectivity index (χ0v) is 23.1. The summed E-state index contributed by atoms with van der Waals surface area (Å²) in [5, 5.41) is 9.50. The standard InChI is InChI=1S/C28H33F2N9O3/c29-23(30)24-32-21-3-1-2-4-22(21)39(24)28-34-26(33-27(35-28)38-13-15-42-16-14-38)37-11-9-36(10-12-37)25(41)20(31)17-18-5-7-19(40)8-6-18/h2,4-8,20,23,40H,1,3,9-17,31H2/t20-/m0/s1. The van der Waals surface area contributed by atoms with E-state index in [0.717, 1.165) is 12.0 Å². The SMILES string of the molecule is N[C@@H](Cc1ccc(O)cc1)C(=O)N1CCN(c2nc(N3CCOCC3)nc(-n3c(C(F)F)nc4c3C=CCC4)n2)CC1. The van der Waals surface area contributed by atoms with Gasteiger partial charge in [-0.2, -0.15) is 15.0 Å². The number of allylic oxidation sites excluding steroid dienone is 1. The highest BCUT2D eigenvalue weighted by Crippen LogP contribution is 2.30. The van der Waals surface area contributed by atoms with E-state index in [0.29, 0.717) is 88.6 Å². The number of hydrogen-bond donors (Lipinski definition) is 2. The van der Waals surface area contributed by atoms with Gasteiger partial charge < -0.3 is 30.3 Å². The Morgan fingerprint density at radius 2 is 1.57 bits per heavy atom. The number of nitrogens with zero attached hydrogens (tertiary/aromatic N) is 8. The number of aromatic nitrogens is 5. The number of alkyl halides is 2. The summed E-state index contributed by atoms with van der Waals surface area (Å²) < 4.78 is 35.2. The fourth-order valence-corrected chi connectivity index (χ4v) is 5.45. The molecule has 4 heterocycles. The first-order valence-corrected chi connectivity index (χ1v) is 14.1. The minimum absolute atomic E-state index is 0.0894. The lowest BCUT2D eigenvalue weighted by molar-refractivity contribution is -0.132. The van der Waals surface area contributed by atoms with Gasteiger partial charge in [-0.15, -0.1) is 0 Å². The molecule has 1 amide bonds. The molecule has 0 unspecified atom stereocenters. The van der Waals surface area contributed by atoms with E-state index in [2.05, 4.69) is 15.0 Å². The largest absolute Gasteiger partial charge is 0.508 e. The zero-order valence-electron chi connectivity index (χ0n) is 23.1. The molecule has 42 heavy (non-hydrogen) atoms. The number of hydrogen-bond acceptors (Lipinski definition) is 10. The molecule has 3 N–H and O–H groups in total. The summed E-state index contributed by atoms with van der Waals surface area (Å²) in [5.41, 5.74) is 8.26. The number of piperazine rings is 1. The van der Waals surface area contributed by atoms with Gasteiger partial charge in [0.15, 0.2) is 5.82 Å². The van der Waals surface area contributed by atoms with Crippen molar-refractivity contribution >= 4 is 23.9 Å². The Balaban J connectivity index is 1.25. The molecule has 12 nitrogen and oxygen atoms in total. The molecule has 6 rings (SSSR count). The Morgan fingerprint density at radius 3 is 2.24 bits per heavy atom. The number of anilines is 2. The first kappa shape index (κ1) is 28.0. The second-order valence-corrected chi connectivity index (χ2v) is 10.5. The van der Waals surface area contributed by atoms with Gasteiger partial charge in [0.05, 0.1) is 30.6 Å². The van der Waals surface area contributed by atoms with Crippen molar-refractivity contribution in [1.82, 2.24) is 29.4 Å². The van der Waals surface area contributed by atoms with Crippen LogP contribution in [0.25, 0.3) is 12.0 Å². The van der Waals surface area contributed by atoms with Gasteiger partial charge >= 0.3 is 0 Å². The van der Waals surface area contributed by atoms with Crippen LogP contribution in [0.5, 0.6) is 5.75 Å². The molecule has 1 aliphatic carbocycles. The summed E-state index contributed by atoms with van der Waals surface area (Å²) in [7, 11) is 0. The Bertz CT molecular complexity index is 1450. The van der Waals surface area contributed by atoms with E-state index < -0.39 is 18.3 Å². The van der Waals surface area contributed by atoms with Crippen molar-refractivity contribution in [2.24, 2.45) is 5.73 Å². The number of morpholine rings is 1. The van der Waals surface area contributed by atoms with Crippen LogP contribution in [0, 0.1) is 0 Å². The number of carbonyl (C=O) groups excluding carboxylic acids is 1. The number of rotatable bonds is 7. The Kier molecular flexibility index (Phi) is 7.98. The molecule has 3 aromatic rings. The molecule has 0 radical (unpaired) electrons. The second-order valence-electron chi connectivity index (χ2n) is 10.5. The van der Waals surface area contributed by atoms with Gasteiger partial charge in [-0.05, 0) is 43.0 Å². The van der Waals surface area contributed by atoms with E-state index in [-0.39, 0.29) is 17.6 Å². The van der Waals surface area contributed by atoms with Crippen molar-refractivity contribution in [2.45, 2.75) is 31.7 Å². The first-order chi connectivity index (χ1) is 20.4. The van der Waals surface area contributed by atoms with E-state index in [9.17, 15) is 18.7 Å². The fourth-order valence-electron chi connectivity index (χ4n) is 5.45. The molecular formula is C28H33F2N9O3. The smallest absolute Gasteiger partial charge is 0.296 e. The van der Waals surface area contributed by atoms with Crippen molar-refractivity contribution in [3.63, 3.8) is 0 Å². The van der Waals surface area contributed by atoms with Gasteiger partial charge in [-0.3, -0.25) is 9.36 Å². The van der Waals surface area contributed by atoms with Crippen LogP contribution in [0.15, 0.2) is 30.3 Å². The van der Waals surface area contributed by atoms with Crippen LogP contribution >= 0.6 is 0 Å². The second kappa shape index (κ2) is 12.0. The van der Waals surface area contributed by atoms with Crippen LogP contribution in [0.3, 0.4) is 0 Å². The average molecular weight is 582 g/mol. The molecule has 2 aliphatic heterocycles. The molecule has 14 heteroatoms. The third kappa shape index (κ3) is 5.77. The summed E-state index contributed by atoms with van der Waals surface area (Å²) in [4.78, 5) is 37.0. The van der Waals surface area contributed by atoms with E-state index in [1.807, 2.05) is 15.9 Å². The van der Waals surface area contributed by atoms with Crippen molar-refractivity contribution in [1.29, 1.82) is 0 Å². The monoisotopic (exact) mass is 581 g/mol. The molecule has 2 aromatic heterocycles. The zero-order chi connectivity index (χ0) is 29.2. The van der Waals surface area contributed by atoms with Crippen LogP contribution in [-0.2, 0) is 22.4 Å². The number of halogens is 2. The predicted molar refractivity (Wildman–Crippen MR) is 151 cm³/mol. The summed E-state index contributed by atoms with van der Waals surface area (Å²) in [6, 6.07) is 5.92. The number of ether oxygens (including phenoxy) is 1. The number of nitrogens with two attached hydrogens (primary N) is 1. The number of carbonyl (C=O) groups is 1. The molecule has 222 valence electrons. The molecular weight excluding hydrogens is 548 g/mol. The highest BCUT2D eigenvalue weighted by atomic mass is 19.3. The maximum Gasteiger partial charge on any atom is 0.296 e. The van der Waals surface area contributed by atoms with Crippen molar-refractivity contribution in [3.8, 4) is 11.7 Å². The minimum Gasteiger partial charge on any atom is -0.508 e. The molecule has 0 spiro atoms. The van der Waals surface area contributed by atoms with E-state index in [4.69, 9.17) is 15.5 Å². The number of benzene rings is 1. The molecule has 1 atom stereocenters. The van der Waals surface area contributed by atoms with Crippen molar-refractivity contribution < 1.29 is 23.4 Å². The van der Waals surface area contributed by atoms with Crippen LogP contribution in [-0.4, -0.2) is 98.9 Å². The lowest BCUT2D eigenvalue weighted by Crippen LogP contribution is -2.54. The number of aromatic hydroxyl groups is 1. The number of phenols is 1. The number of aryl methyl sites for hydroxylation is 1. The van der Waals surface area contributed by atoms with Gasteiger partial charge in [0, 0.05) is 39.3 Å².